The molecule has 0 saturated heterocycles. The van der Waals surface area contributed by atoms with Crippen LogP contribution in [0.4, 0.5) is 0 Å². The van der Waals surface area contributed by atoms with Crippen LogP contribution in [0.2, 0.25) is 5.02 Å². The fourth-order valence-electron chi connectivity index (χ4n) is 2.70. The summed E-state index contributed by atoms with van der Waals surface area (Å²) in [6, 6.07) is 15.1. The van der Waals surface area contributed by atoms with Crippen LogP contribution in [-0.4, -0.2) is 18.5 Å². The number of rotatable bonds is 8. The van der Waals surface area contributed by atoms with E-state index in [1.807, 2.05) is 19.1 Å². The van der Waals surface area contributed by atoms with Crippen molar-refractivity contribution in [2.75, 3.05) is 6.61 Å². The minimum Gasteiger partial charge on any atom is -0.452 e. The number of esters is 1. The summed E-state index contributed by atoms with van der Waals surface area (Å²) in [5.74, 6) is -0.311. The molecule has 1 atom stereocenters. The highest BCUT2D eigenvalue weighted by Gasteiger charge is 2.11. The molecule has 0 aliphatic rings. The molecule has 5 heteroatoms. The van der Waals surface area contributed by atoms with Crippen LogP contribution in [0.25, 0.3) is 6.08 Å². The van der Waals surface area contributed by atoms with Gasteiger partial charge in [-0.15, -0.1) is 0 Å². The lowest BCUT2D eigenvalue weighted by Gasteiger charge is -2.15. The molecule has 0 bridgehead atoms. The lowest BCUT2D eigenvalue weighted by Crippen LogP contribution is -2.30. The van der Waals surface area contributed by atoms with E-state index < -0.39 is 5.97 Å². The quantitative estimate of drug-likeness (QED) is 0.503. The van der Waals surface area contributed by atoms with Gasteiger partial charge in [-0.2, -0.15) is 0 Å². The number of halogens is 1. The summed E-state index contributed by atoms with van der Waals surface area (Å²) in [7, 11) is 0. The molecule has 28 heavy (non-hydrogen) atoms. The standard InChI is InChI=1S/C23H26ClNO3/c1-16(2)14-19-4-9-20(10-5-19)17(3)25-22(26)15-28-23(27)13-8-18-6-11-21(24)12-7-18/h4-13,16-17H,14-15H2,1-3H3,(H,25,26)/b13-8+/t17-/m0/s1. The Bertz CT molecular complexity index is 811. The maximum Gasteiger partial charge on any atom is 0.331 e. The van der Waals surface area contributed by atoms with Crippen LogP contribution in [0, 0.1) is 5.92 Å². The minimum absolute atomic E-state index is 0.163. The second kappa shape index (κ2) is 10.7. The van der Waals surface area contributed by atoms with Gasteiger partial charge < -0.3 is 10.1 Å². The molecule has 0 aliphatic heterocycles. The SMILES string of the molecule is CC(C)Cc1ccc([C@H](C)NC(=O)COC(=O)/C=C/c2ccc(Cl)cc2)cc1. The van der Waals surface area contributed by atoms with Crippen LogP contribution < -0.4 is 5.32 Å². The molecular formula is C23H26ClNO3. The molecule has 0 aliphatic carbocycles. The first-order valence-corrected chi connectivity index (χ1v) is 9.70. The Hall–Kier alpha value is -2.59. The molecule has 4 nitrogen and oxygen atoms in total. The van der Waals surface area contributed by atoms with Crippen LogP contribution in [0.3, 0.4) is 0 Å². The van der Waals surface area contributed by atoms with Crippen molar-refractivity contribution in [2.45, 2.75) is 33.2 Å². The molecule has 0 fully saturated rings. The Morgan fingerprint density at radius 3 is 2.29 bits per heavy atom. The van der Waals surface area contributed by atoms with E-state index in [-0.39, 0.29) is 18.6 Å². The van der Waals surface area contributed by atoms with E-state index in [1.165, 1.54) is 11.6 Å². The van der Waals surface area contributed by atoms with Gasteiger partial charge in [0, 0.05) is 11.1 Å². The summed E-state index contributed by atoms with van der Waals surface area (Å²) in [5.41, 5.74) is 3.11. The number of carbonyl (C=O) groups is 2. The Balaban J connectivity index is 1.78. The molecule has 0 spiro atoms. The zero-order valence-electron chi connectivity index (χ0n) is 16.4. The largest absolute Gasteiger partial charge is 0.452 e. The summed E-state index contributed by atoms with van der Waals surface area (Å²) < 4.78 is 4.99. The third-order valence-corrected chi connectivity index (χ3v) is 4.38. The van der Waals surface area contributed by atoms with Gasteiger partial charge in [0.15, 0.2) is 6.61 Å². The molecule has 0 unspecified atom stereocenters. The first kappa shape index (κ1) is 21.7. The van der Waals surface area contributed by atoms with E-state index in [2.05, 4.69) is 31.3 Å². The zero-order valence-corrected chi connectivity index (χ0v) is 17.2. The molecule has 1 N–H and O–H groups in total. The molecule has 0 heterocycles. The summed E-state index contributed by atoms with van der Waals surface area (Å²) in [6.45, 7) is 5.95. The molecule has 0 radical (unpaired) electrons. The Labute approximate surface area is 171 Å². The predicted octanol–water partition coefficient (Wildman–Crippen LogP) is 4.97. The van der Waals surface area contributed by atoms with Crippen molar-refractivity contribution in [3.63, 3.8) is 0 Å². The van der Waals surface area contributed by atoms with Gasteiger partial charge in [0.25, 0.3) is 5.91 Å². The molecule has 2 rings (SSSR count). The number of hydrogen-bond donors (Lipinski definition) is 1. The molecular weight excluding hydrogens is 374 g/mol. The van der Waals surface area contributed by atoms with Crippen molar-refractivity contribution in [1.82, 2.24) is 5.32 Å². The molecule has 0 aromatic heterocycles. The van der Waals surface area contributed by atoms with Crippen molar-refractivity contribution in [3.05, 3.63) is 76.3 Å². The number of amides is 1. The maximum absolute atomic E-state index is 12.0. The van der Waals surface area contributed by atoms with Crippen LogP contribution in [0.1, 0.15) is 43.5 Å². The molecule has 1 amide bonds. The normalized spacial score (nSPS) is 12.2. The van der Waals surface area contributed by atoms with Crippen molar-refractivity contribution in [1.29, 1.82) is 0 Å². The average molecular weight is 400 g/mol. The third-order valence-electron chi connectivity index (χ3n) is 4.13. The van der Waals surface area contributed by atoms with Gasteiger partial charge in [-0.25, -0.2) is 4.79 Å². The van der Waals surface area contributed by atoms with Gasteiger partial charge in [0.2, 0.25) is 0 Å². The predicted molar refractivity (Wildman–Crippen MR) is 113 cm³/mol. The highest BCUT2D eigenvalue weighted by molar-refractivity contribution is 6.30. The molecule has 148 valence electrons. The molecule has 0 saturated carbocycles. The fourth-order valence-corrected chi connectivity index (χ4v) is 2.83. The van der Waals surface area contributed by atoms with E-state index in [0.29, 0.717) is 10.9 Å². The fraction of sp³-hybridized carbons (Fsp3) is 0.304. The maximum atomic E-state index is 12.0. The molecule has 2 aromatic rings. The monoisotopic (exact) mass is 399 g/mol. The van der Waals surface area contributed by atoms with Gasteiger partial charge in [0.05, 0.1) is 6.04 Å². The lowest BCUT2D eigenvalue weighted by molar-refractivity contribution is -0.144. The highest BCUT2D eigenvalue weighted by Crippen LogP contribution is 2.15. The van der Waals surface area contributed by atoms with Crippen LogP contribution in [-0.2, 0) is 20.7 Å². The summed E-state index contributed by atoms with van der Waals surface area (Å²) >= 11 is 5.81. The Morgan fingerprint density at radius 2 is 1.68 bits per heavy atom. The number of ether oxygens (including phenoxy) is 1. The van der Waals surface area contributed by atoms with Gasteiger partial charge >= 0.3 is 5.97 Å². The average Bonchev–Trinajstić information content (AvgIpc) is 2.66. The van der Waals surface area contributed by atoms with E-state index in [1.54, 1.807) is 30.3 Å². The topological polar surface area (TPSA) is 55.4 Å². The first-order valence-electron chi connectivity index (χ1n) is 9.32. The van der Waals surface area contributed by atoms with Gasteiger partial charge in [-0.1, -0.05) is 61.8 Å². The van der Waals surface area contributed by atoms with Gasteiger partial charge in [-0.05, 0) is 54.2 Å². The van der Waals surface area contributed by atoms with Gasteiger partial charge in [0.1, 0.15) is 0 Å². The first-order chi connectivity index (χ1) is 13.3. The van der Waals surface area contributed by atoms with Crippen molar-refractivity contribution in [2.24, 2.45) is 5.92 Å². The van der Waals surface area contributed by atoms with E-state index in [9.17, 15) is 9.59 Å². The third kappa shape index (κ3) is 7.57. The summed E-state index contributed by atoms with van der Waals surface area (Å²) in [4.78, 5) is 23.8. The Morgan fingerprint density at radius 1 is 1.04 bits per heavy atom. The highest BCUT2D eigenvalue weighted by atomic mass is 35.5. The zero-order chi connectivity index (χ0) is 20.5. The smallest absolute Gasteiger partial charge is 0.331 e. The number of benzene rings is 2. The number of hydrogen-bond acceptors (Lipinski definition) is 3. The van der Waals surface area contributed by atoms with E-state index in [0.717, 1.165) is 17.5 Å². The number of nitrogens with one attached hydrogen (secondary N) is 1. The number of carbonyl (C=O) groups excluding carboxylic acids is 2. The van der Waals surface area contributed by atoms with Crippen LogP contribution in [0.15, 0.2) is 54.6 Å². The van der Waals surface area contributed by atoms with E-state index >= 15 is 0 Å². The lowest BCUT2D eigenvalue weighted by atomic mass is 10.00. The molecule has 2 aromatic carbocycles. The van der Waals surface area contributed by atoms with Crippen LogP contribution in [0.5, 0.6) is 0 Å². The van der Waals surface area contributed by atoms with E-state index in [4.69, 9.17) is 16.3 Å². The summed E-state index contributed by atoms with van der Waals surface area (Å²) in [5, 5.41) is 3.46. The van der Waals surface area contributed by atoms with Gasteiger partial charge in [-0.3, -0.25) is 4.79 Å². The van der Waals surface area contributed by atoms with Crippen molar-refractivity contribution >= 4 is 29.6 Å². The van der Waals surface area contributed by atoms with Crippen LogP contribution >= 0.6 is 11.6 Å². The second-order valence-corrected chi connectivity index (χ2v) is 7.56. The van der Waals surface area contributed by atoms with Crippen molar-refractivity contribution < 1.29 is 14.3 Å². The summed E-state index contributed by atoms with van der Waals surface area (Å²) in [6.07, 6.45) is 3.92. The van der Waals surface area contributed by atoms with Crippen molar-refractivity contribution in [3.8, 4) is 0 Å². The second-order valence-electron chi connectivity index (χ2n) is 7.12. The minimum atomic E-state index is -0.573. The Kier molecular flexibility index (Phi) is 8.27.